The van der Waals surface area contributed by atoms with Gasteiger partial charge >= 0.3 is 6.09 Å². The van der Waals surface area contributed by atoms with E-state index in [0.717, 1.165) is 76.0 Å². The number of amides is 2. The van der Waals surface area contributed by atoms with E-state index in [0.29, 0.717) is 35.4 Å². The highest BCUT2D eigenvalue weighted by atomic mass is 32.1. The van der Waals surface area contributed by atoms with E-state index in [2.05, 4.69) is 42.7 Å². The van der Waals surface area contributed by atoms with Gasteiger partial charge in [-0.05, 0) is 76.9 Å². The first kappa shape index (κ1) is 30.2. The molecule has 0 spiro atoms. The number of anilines is 2. The van der Waals surface area contributed by atoms with Crippen molar-refractivity contribution in [3.8, 4) is 5.06 Å². The van der Waals surface area contributed by atoms with Crippen LogP contribution in [0.15, 0.2) is 60.1 Å². The van der Waals surface area contributed by atoms with Crippen molar-refractivity contribution in [1.82, 2.24) is 14.8 Å². The Morgan fingerprint density at radius 1 is 1.00 bits per heavy atom. The lowest BCUT2D eigenvalue weighted by atomic mass is 9.86. The molecule has 0 bridgehead atoms. The number of aromatic nitrogens is 1. The SMILES string of the molecule is CC(C)(C)c1ccc(C(=O)N2CC3C(C2)C3CN(C(=O)Oc2cccs2)c2ccc(N3CCC(N4CCOCC4)C3)nc2)cc1. The van der Waals surface area contributed by atoms with Crippen molar-refractivity contribution in [2.24, 2.45) is 17.8 Å². The van der Waals surface area contributed by atoms with Crippen molar-refractivity contribution >= 4 is 34.8 Å². The van der Waals surface area contributed by atoms with E-state index >= 15 is 0 Å². The third kappa shape index (κ3) is 6.46. The number of carbonyl (C=O) groups excluding carboxylic acids is 2. The molecule has 7 rings (SSSR count). The molecular formula is C35H43N5O4S. The summed E-state index contributed by atoms with van der Waals surface area (Å²) >= 11 is 1.40. The zero-order chi connectivity index (χ0) is 31.1. The van der Waals surface area contributed by atoms with Crippen molar-refractivity contribution in [1.29, 1.82) is 0 Å². The van der Waals surface area contributed by atoms with Crippen LogP contribution in [0, 0.1) is 17.8 Å². The Hall–Kier alpha value is -3.47. The fourth-order valence-electron chi connectivity index (χ4n) is 7.26. The zero-order valence-corrected chi connectivity index (χ0v) is 27.2. The summed E-state index contributed by atoms with van der Waals surface area (Å²) < 4.78 is 11.3. The maximum atomic E-state index is 13.5. The van der Waals surface area contributed by atoms with Gasteiger partial charge in [-0.2, -0.15) is 0 Å². The molecule has 238 valence electrons. The van der Waals surface area contributed by atoms with Crippen LogP contribution in [0.25, 0.3) is 0 Å². The van der Waals surface area contributed by atoms with Crippen molar-refractivity contribution in [2.45, 2.75) is 38.6 Å². The number of fused-ring (bicyclic) bond motifs is 1. The third-order valence-electron chi connectivity index (χ3n) is 10.0. The molecule has 2 aromatic heterocycles. The number of pyridine rings is 1. The molecule has 0 radical (unpaired) electrons. The number of piperidine rings is 1. The third-order valence-corrected chi connectivity index (χ3v) is 10.8. The number of morpholine rings is 1. The molecule has 10 heteroatoms. The Balaban J connectivity index is 0.997. The molecule has 3 atom stereocenters. The van der Waals surface area contributed by atoms with Gasteiger partial charge in [0, 0.05) is 57.4 Å². The number of benzene rings is 1. The van der Waals surface area contributed by atoms with Gasteiger partial charge in [0.05, 0.1) is 25.1 Å². The standard InChI is InChI=1S/C35H43N5O4S/c1-35(2,3)25-8-6-24(7-9-25)33(41)39-21-28-29(22-39)30(28)23-40(34(42)44-32-5-4-18-45-32)26-10-11-31(36-19-26)38-13-12-27(20-38)37-14-16-43-17-15-37/h4-11,18-19,27-30H,12-17,20-23H2,1-3H3. The second-order valence-corrected chi connectivity index (χ2v) is 14.8. The summed E-state index contributed by atoms with van der Waals surface area (Å²) in [6.07, 6.45) is 2.54. The molecule has 5 heterocycles. The highest BCUT2D eigenvalue weighted by Crippen LogP contribution is 2.52. The highest BCUT2D eigenvalue weighted by molar-refractivity contribution is 7.11. The van der Waals surface area contributed by atoms with Gasteiger partial charge in [-0.1, -0.05) is 32.9 Å². The number of carbonyl (C=O) groups is 2. The van der Waals surface area contributed by atoms with Crippen molar-refractivity contribution in [3.63, 3.8) is 0 Å². The van der Waals surface area contributed by atoms with Crippen LogP contribution in [-0.2, 0) is 10.2 Å². The fraction of sp³-hybridized carbons (Fsp3) is 0.514. The second-order valence-electron chi connectivity index (χ2n) is 13.9. The summed E-state index contributed by atoms with van der Waals surface area (Å²) in [5, 5.41) is 2.47. The Bertz CT molecular complexity index is 1470. The number of hydrogen-bond acceptors (Lipinski definition) is 8. The van der Waals surface area contributed by atoms with E-state index in [1.54, 1.807) is 4.90 Å². The molecule has 4 fully saturated rings. The number of likely N-dealkylation sites (tertiary alicyclic amines) is 1. The van der Waals surface area contributed by atoms with Crippen LogP contribution in [-0.4, -0.2) is 91.9 Å². The molecule has 9 nitrogen and oxygen atoms in total. The first-order valence-electron chi connectivity index (χ1n) is 16.2. The minimum Gasteiger partial charge on any atom is -0.399 e. The molecule has 2 amide bonds. The van der Waals surface area contributed by atoms with Gasteiger partial charge in [-0.15, -0.1) is 11.3 Å². The summed E-state index contributed by atoms with van der Waals surface area (Å²) in [6, 6.07) is 16.3. The van der Waals surface area contributed by atoms with Crippen LogP contribution >= 0.6 is 11.3 Å². The van der Waals surface area contributed by atoms with Crippen LogP contribution < -0.4 is 14.5 Å². The summed E-state index contributed by atoms with van der Waals surface area (Å²) in [7, 11) is 0. The van der Waals surface area contributed by atoms with E-state index in [1.807, 2.05) is 52.9 Å². The van der Waals surface area contributed by atoms with Crippen LogP contribution in [0.5, 0.6) is 5.06 Å². The van der Waals surface area contributed by atoms with Gasteiger partial charge in [0.25, 0.3) is 5.91 Å². The molecule has 4 aliphatic rings. The van der Waals surface area contributed by atoms with Gasteiger partial charge in [0.1, 0.15) is 5.82 Å². The lowest BCUT2D eigenvalue weighted by Crippen LogP contribution is -2.44. The quantitative estimate of drug-likeness (QED) is 0.348. The Morgan fingerprint density at radius 3 is 2.40 bits per heavy atom. The topological polar surface area (TPSA) is 78.5 Å². The maximum absolute atomic E-state index is 13.5. The average Bonchev–Trinajstić information content (AvgIpc) is 3.59. The first-order chi connectivity index (χ1) is 21.7. The normalized spacial score (nSPS) is 24.9. The van der Waals surface area contributed by atoms with Crippen molar-refractivity contribution in [2.75, 3.05) is 68.8 Å². The summed E-state index contributed by atoms with van der Waals surface area (Å²) in [6.45, 7) is 14.1. The molecule has 1 saturated carbocycles. The van der Waals surface area contributed by atoms with E-state index in [-0.39, 0.29) is 11.3 Å². The van der Waals surface area contributed by atoms with Gasteiger partial charge in [-0.3, -0.25) is 14.6 Å². The summed E-state index contributed by atoms with van der Waals surface area (Å²) in [5.74, 6) is 2.12. The predicted octanol–water partition coefficient (Wildman–Crippen LogP) is 5.38. The lowest BCUT2D eigenvalue weighted by molar-refractivity contribution is 0.0209. The van der Waals surface area contributed by atoms with E-state index in [9.17, 15) is 9.59 Å². The van der Waals surface area contributed by atoms with E-state index in [4.69, 9.17) is 14.5 Å². The van der Waals surface area contributed by atoms with Gasteiger partial charge < -0.3 is 19.3 Å². The summed E-state index contributed by atoms with van der Waals surface area (Å²) in [5.41, 5.74) is 2.75. The van der Waals surface area contributed by atoms with Crippen molar-refractivity contribution < 1.29 is 19.1 Å². The molecule has 0 N–H and O–H groups in total. The lowest BCUT2D eigenvalue weighted by Gasteiger charge is -2.32. The largest absolute Gasteiger partial charge is 0.420 e. The second kappa shape index (κ2) is 12.4. The predicted molar refractivity (Wildman–Crippen MR) is 176 cm³/mol. The Kier molecular flexibility index (Phi) is 8.31. The number of thiophene rings is 1. The Morgan fingerprint density at radius 2 is 1.76 bits per heavy atom. The average molecular weight is 630 g/mol. The smallest absolute Gasteiger partial charge is 0.399 e. The van der Waals surface area contributed by atoms with E-state index in [1.165, 1.54) is 16.9 Å². The zero-order valence-electron chi connectivity index (χ0n) is 26.4. The molecule has 3 unspecified atom stereocenters. The van der Waals surface area contributed by atoms with E-state index < -0.39 is 6.09 Å². The number of hydrogen-bond donors (Lipinski definition) is 0. The summed E-state index contributed by atoms with van der Waals surface area (Å²) in [4.78, 5) is 40.2. The maximum Gasteiger partial charge on any atom is 0.420 e. The van der Waals surface area contributed by atoms with Crippen LogP contribution in [0.4, 0.5) is 16.3 Å². The molecule has 3 saturated heterocycles. The molecular weight excluding hydrogens is 586 g/mol. The molecule has 1 aromatic carbocycles. The number of rotatable bonds is 7. The highest BCUT2D eigenvalue weighted by Gasteiger charge is 2.57. The van der Waals surface area contributed by atoms with Crippen LogP contribution in [0.3, 0.4) is 0 Å². The fourth-order valence-corrected chi connectivity index (χ4v) is 7.82. The van der Waals surface area contributed by atoms with Crippen molar-refractivity contribution in [3.05, 3.63) is 71.2 Å². The monoisotopic (exact) mass is 629 g/mol. The van der Waals surface area contributed by atoms with Gasteiger partial charge in [0.15, 0.2) is 5.06 Å². The molecule has 3 aromatic rings. The first-order valence-corrected chi connectivity index (χ1v) is 17.1. The number of nitrogens with zero attached hydrogens (tertiary/aromatic N) is 5. The minimum absolute atomic E-state index is 0.0523. The van der Waals surface area contributed by atoms with Crippen LogP contribution in [0.1, 0.15) is 43.1 Å². The van der Waals surface area contributed by atoms with Gasteiger partial charge in [-0.25, -0.2) is 9.78 Å². The Labute approximate surface area is 269 Å². The molecule has 45 heavy (non-hydrogen) atoms. The molecule has 1 aliphatic carbocycles. The minimum atomic E-state index is -0.391. The van der Waals surface area contributed by atoms with Gasteiger partial charge in [0.2, 0.25) is 0 Å². The van der Waals surface area contributed by atoms with Crippen LogP contribution in [0.2, 0.25) is 0 Å². The molecule has 3 aliphatic heterocycles. The number of ether oxygens (including phenoxy) is 2.